The summed E-state index contributed by atoms with van der Waals surface area (Å²) in [6.45, 7) is 5.55. The van der Waals surface area contributed by atoms with Crippen molar-refractivity contribution in [2.75, 3.05) is 25.0 Å². The highest BCUT2D eigenvalue weighted by molar-refractivity contribution is 7.89. The van der Waals surface area contributed by atoms with E-state index in [-0.39, 0.29) is 16.7 Å². The molecular weight excluding hydrogens is 402 g/mol. The molecule has 0 radical (unpaired) electrons. The Hall–Kier alpha value is -2.71. The Morgan fingerprint density at radius 1 is 1.10 bits per heavy atom. The molecule has 1 fully saturated rings. The predicted octanol–water partition coefficient (Wildman–Crippen LogP) is 3.09. The van der Waals surface area contributed by atoms with Crippen molar-refractivity contribution in [2.45, 2.75) is 38.1 Å². The molecule has 8 heteroatoms. The van der Waals surface area contributed by atoms with E-state index in [1.54, 1.807) is 49.1 Å². The van der Waals surface area contributed by atoms with Gasteiger partial charge in [-0.25, -0.2) is 8.42 Å². The third-order valence-electron chi connectivity index (χ3n) is 5.17. The molecule has 1 aliphatic heterocycles. The van der Waals surface area contributed by atoms with Gasteiger partial charge in [0.2, 0.25) is 15.9 Å². The number of benzene rings is 2. The van der Waals surface area contributed by atoms with Crippen LogP contribution in [0.2, 0.25) is 0 Å². The van der Waals surface area contributed by atoms with Crippen LogP contribution < -0.4 is 5.32 Å². The van der Waals surface area contributed by atoms with E-state index in [0.717, 1.165) is 18.5 Å². The lowest BCUT2D eigenvalue weighted by atomic mass is 10.1. The Morgan fingerprint density at radius 3 is 2.50 bits per heavy atom. The summed E-state index contributed by atoms with van der Waals surface area (Å²) >= 11 is 0. The molecule has 7 nitrogen and oxygen atoms in total. The minimum atomic E-state index is -3.60. The standard InChI is InChI=1S/C22H27N3O4S/c1-3-25(4-2)30(28,29)20-11-6-10-19(15-20)23-22(27)18-9-5-8-17(14-18)16-24-13-7-12-21(24)26/h5-6,8-11,14-15H,3-4,7,12-13,16H2,1-2H3,(H,23,27). The van der Waals surface area contributed by atoms with Gasteiger partial charge >= 0.3 is 0 Å². The summed E-state index contributed by atoms with van der Waals surface area (Å²) in [5.74, 6) is -0.196. The number of sulfonamides is 1. The summed E-state index contributed by atoms with van der Waals surface area (Å²) in [4.78, 5) is 26.5. The number of hydrogen-bond acceptors (Lipinski definition) is 4. The van der Waals surface area contributed by atoms with Crippen LogP contribution in [0.5, 0.6) is 0 Å². The van der Waals surface area contributed by atoms with Crippen LogP contribution in [0.1, 0.15) is 42.6 Å². The lowest BCUT2D eigenvalue weighted by Gasteiger charge is -2.19. The molecule has 1 aliphatic rings. The van der Waals surface area contributed by atoms with Gasteiger partial charge in [-0.1, -0.05) is 32.0 Å². The number of carbonyl (C=O) groups excluding carboxylic acids is 2. The van der Waals surface area contributed by atoms with E-state index in [4.69, 9.17) is 0 Å². The third kappa shape index (κ3) is 4.88. The molecule has 1 saturated heterocycles. The number of likely N-dealkylation sites (tertiary alicyclic amines) is 1. The van der Waals surface area contributed by atoms with Gasteiger partial charge in [0.25, 0.3) is 5.91 Å². The van der Waals surface area contributed by atoms with Crippen LogP contribution in [-0.4, -0.2) is 49.1 Å². The van der Waals surface area contributed by atoms with Crippen LogP contribution >= 0.6 is 0 Å². The van der Waals surface area contributed by atoms with Crippen LogP contribution in [0.15, 0.2) is 53.4 Å². The predicted molar refractivity (Wildman–Crippen MR) is 116 cm³/mol. The molecule has 0 atom stereocenters. The molecule has 0 aliphatic carbocycles. The van der Waals surface area contributed by atoms with Crippen molar-refractivity contribution in [3.05, 3.63) is 59.7 Å². The molecule has 2 aromatic rings. The van der Waals surface area contributed by atoms with Crippen LogP contribution in [0.3, 0.4) is 0 Å². The van der Waals surface area contributed by atoms with Crippen LogP contribution in [-0.2, 0) is 21.4 Å². The molecule has 1 heterocycles. The Balaban J connectivity index is 1.75. The van der Waals surface area contributed by atoms with Gasteiger partial charge < -0.3 is 10.2 Å². The first-order valence-electron chi connectivity index (χ1n) is 10.1. The van der Waals surface area contributed by atoms with Gasteiger partial charge in [0.1, 0.15) is 0 Å². The van der Waals surface area contributed by atoms with E-state index in [2.05, 4.69) is 5.32 Å². The maximum Gasteiger partial charge on any atom is 0.255 e. The average molecular weight is 430 g/mol. The molecule has 0 unspecified atom stereocenters. The van der Waals surface area contributed by atoms with Gasteiger partial charge in [-0.3, -0.25) is 9.59 Å². The highest BCUT2D eigenvalue weighted by atomic mass is 32.2. The summed E-state index contributed by atoms with van der Waals surface area (Å²) in [5.41, 5.74) is 1.75. The van der Waals surface area contributed by atoms with E-state index in [9.17, 15) is 18.0 Å². The van der Waals surface area contributed by atoms with Crippen molar-refractivity contribution < 1.29 is 18.0 Å². The zero-order chi connectivity index (χ0) is 21.7. The van der Waals surface area contributed by atoms with Gasteiger partial charge in [0, 0.05) is 43.9 Å². The highest BCUT2D eigenvalue weighted by Gasteiger charge is 2.22. The lowest BCUT2D eigenvalue weighted by Crippen LogP contribution is -2.30. The Labute approximate surface area is 177 Å². The fraction of sp³-hybridized carbons (Fsp3) is 0.364. The van der Waals surface area contributed by atoms with Crippen LogP contribution in [0, 0.1) is 0 Å². The topological polar surface area (TPSA) is 86.8 Å². The first kappa shape index (κ1) is 22.0. The van der Waals surface area contributed by atoms with Crippen molar-refractivity contribution in [1.82, 2.24) is 9.21 Å². The van der Waals surface area contributed by atoms with Gasteiger partial charge in [0.15, 0.2) is 0 Å². The largest absolute Gasteiger partial charge is 0.338 e. The minimum absolute atomic E-state index is 0.135. The first-order valence-corrected chi connectivity index (χ1v) is 11.6. The van der Waals surface area contributed by atoms with E-state index in [0.29, 0.717) is 37.3 Å². The molecule has 1 N–H and O–H groups in total. The number of nitrogens with one attached hydrogen (secondary N) is 1. The van der Waals surface area contributed by atoms with Crippen molar-refractivity contribution in [3.63, 3.8) is 0 Å². The third-order valence-corrected chi connectivity index (χ3v) is 7.21. The molecule has 2 aromatic carbocycles. The van der Waals surface area contributed by atoms with Crippen LogP contribution in [0.25, 0.3) is 0 Å². The summed E-state index contributed by atoms with van der Waals surface area (Å²) in [6.07, 6.45) is 1.44. The van der Waals surface area contributed by atoms with Gasteiger partial charge in [-0.2, -0.15) is 4.31 Å². The van der Waals surface area contributed by atoms with E-state index < -0.39 is 10.0 Å². The summed E-state index contributed by atoms with van der Waals surface area (Å²) in [7, 11) is -3.60. The normalized spacial score (nSPS) is 14.4. The van der Waals surface area contributed by atoms with E-state index in [1.807, 2.05) is 6.07 Å². The second kappa shape index (κ2) is 9.40. The summed E-state index contributed by atoms with van der Waals surface area (Å²) in [6, 6.07) is 13.4. The van der Waals surface area contributed by atoms with Crippen molar-refractivity contribution in [1.29, 1.82) is 0 Å². The fourth-order valence-electron chi connectivity index (χ4n) is 3.55. The molecule has 0 spiro atoms. The second-order valence-corrected chi connectivity index (χ2v) is 9.13. The molecule has 0 saturated carbocycles. The number of nitrogens with zero attached hydrogens (tertiary/aromatic N) is 2. The van der Waals surface area contributed by atoms with Gasteiger partial charge in [-0.05, 0) is 42.3 Å². The number of hydrogen-bond donors (Lipinski definition) is 1. The molecule has 160 valence electrons. The maximum atomic E-state index is 12.7. The second-order valence-electron chi connectivity index (χ2n) is 7.19. The Bertz CT molecular complexity index is 1030. The Morgan fingerprint density at radius 2 is 1.83 bits per heavy atom. The zero-order valence-corrected chi connectivity index (χ0v) is 18.1. The minimum Gasteiger partial charge on any atom is -0.338 e. The van der Waals surface area contributed by atoms with Gasteiger partial charge in [0.05, 0.1) is 4.90 Å². The SMILES string of the molecule is CCN(CC)S(=O)(=O)c1cccc(NC(=O)c2cccc(CN3CCCC3=O)c2)c1. The van der Waals surface area contributed by atoms with Crippen LogP contribution in [0.4, 0.5) is 5.69 Å². The molecule has 3 rings (SSSR count). The fourth-order valence-corrected chi connectivity index (χ4v) is 5.06. The average Bonchev–Trinajstić information content (AvgIpc) is 3.13. The van der Waals surface area contributed by atoms with E-state index >= 15 is 0 Å². The molecule has 30 heavy (non-hydrogen) atoms. The number of anilines is 1. The molecule has 0 aromatic heterocycles. The van der Waals surface area contributed by atoms with Gasteiger partial charge in [-0.15, -0.1) is 0 Å². The molecule has 0 bridgehead atoms. The quantitative estimate of drug-likeness (QED) is 0.699. The summed E-state index contributed by atoms with van der Waals surface area (Å²) in [5, 5.41) is 2.77. The molecule has 2 amide bonds. The van der Waals surface area contributed by atoms with Crippen molar-refractivity contribution in [2.24, 2.45) is 0 Å². The first-order chi connectivity index (χ1) is 14.3. The molecular formula is C22H27N3O4S. The number of rotatable bonds is 8. The number of amides is 2. The van der Waals surface area contributed by atoms with E-state index in [1.165, 1.54) is 16.4 Å². The Kier molecular flexibility index (Phi) is 6.89. The lowest BCUT2D eigenvalue weighted by molar-refractivity contribution is -0.128. The number of carbonyl (C=O) groups is 2. The zero-order valence-electron chi connectivity index (χ0n) is 17.3. The van der Waals surface area contributed by atoms with Crippen molar-refractivity contribution in [3.8, 4) is 0 Å². The smallest absolute Gasteiger partial charge is 0.255 e. The monoisotopic (exact) mass is 429 g/mol. The maximum absolute atomic E-state index is 12.7. The highest BCUT2D eigenvalue weighted by Crippen LogP contribution is 2.21. The van der Waals surface area contributed by atoms with Crippen molar-refractivity contribution >= 4 is 27.5 Å². The summed E-state index contributed by atoms with van der Waals surface area (Å²) < 4.78 is 26.8.